The molecule has 4 aliphatic carbocycles. The van der Waals surface area contributed by atoms with Crippen molar-refractivity contribution in [1.82, 2.24) is 0 Å². The lowest BCUT2D eigenvalue weighted by Crippen LogP contribution is -2.59. The van der Waals surface area contributed by atoms with Crippen LogP contribution in [0, 0.1) is 40.4 Å². The van der Waals surface area contributed by atoms with Gasteiger partial charge < -0.3 is 4.74 Å². The van der Waals surface area contributed by atoms with E-state index < -0.39 is 0 Å². The number of esters is 1. The second-order valence-corrected chi connectivity index (χ2v) is 11.3. The second kappa shape index (κ2) is 6.27. The highest BCUT2D eigenvalue weighted by Gasteiger charge is 2.58. The molecule has 0 saturated heterocycles. The van der Waals surface area contributed by atoms with Crippen LogP contribution >= 0.6 is 0 Å². The molecular weight excluding hydrogens is 308 g/mol. The molecule has 0 aromatic heterocycles. The van der Waals surface area contributed by atoms with Crippen LogP contribution in [0.25, 0.3) is 0 Å². The van der Waals surface area contributed by atoms with Crippen LogP contribution in [-0.4, -0.2) is 11.6 Å². The van der Waals surface area contributed by atoms with Crippen LogP contribution in [0.5, 0.6) is 0 Å². The van der Waals surface area contributed by atoms with Crippen molar-refractivity contribution in [1.29, 1.82) is 0 Å². The number of carbonyl (C=O) groups excluding carboxylic acids is 1. The largest absolute Gasteiger partial charge is 0.458 e. The van der Waals surface area contributed by atoms with Crippen molar-refractivity contribution in [3.63, 3.8) is 0 Å². The Morgan fingerprint density at radius 3 is 1.92 bits per heavy atom. The summed E-state index contributed by atoms with van der Waals surface area (Å²) in [4.78, 5) is 13.5. The van der Waals surface area contributed by atoms with Crippen molar-refractivity contribution in [3.05, 3.63) is 0 Å². The second-order valence-electron chi connectivity index (χ2n) is 11.3. The summed E-state index contributed by atoms with van der Waals surface area (Å²) in [6.45, 7) is 15.6. The first-order valence-corrected chi connectivity index (χ1v) is 10.7. The highest BCUT2D eigenvalue weighted by molar-refractivity contribution is 5.77. The van der Waals surface area contributed by atoms with E-state index in [-0.39, 0.29) is 22.4 Å². The molecule has 4 saturated carbocycles. The fourth-order valence-electron chi connectivity index (χ4n) is 6.60. The summed E-state index contributed by atoms with van der Waals surface area (Å²) < 4.78 is 6.51. The van der Waals surface area contributed by atoms with Crippen molar-refractivity contribution in [2.45, 2.75) is 99.0 Å². The molecule has 0 amide bonds. The van der Waals surface area contributed by atoms with E-state index >= 15 is 0 Å². The van der Waals surface area contributed by atoms with Crippen molar-refractivity contribution in [2.24, 2.45) is 40.4 Å². The Morgan fingerprint density at radius 2 is 1.52 bits per heavy atom. The molecule has 0 heterocycles. The quantitative estimate of drug-likeness (QED) is 0.550. The Kier molecular flexibility index (Phi) is 4.83. The molecular formula is C23H40O2. The predicted molar refractivity (Wildman–Crippen MR) is 103 cm³/mol. The standard InChI is InChI=1S/C23H40O2/c1-8-15(2)22(6,14-21(3,4)5)20(24)25-23(7)18-10-16-9-17(12-18)13-19(23)11-16/h15-19H,8-14H2,1-7H3. The lowest BCUT2D eigenvalue weighted by atomic mass is 9.50. The van der Waals surface area contributed by atoms with Crippen LogP contribution in [0.1, 0.15) is 93.4 Å². The highest BCUT2D eigenvalue weighted by atomic mass is 16.6. The minimum Gasteiger partial charge on any atom is -0.458 e. The third kappa shape index (κ3) is 3.39. The van der Waals surface area contributed by atoms with Gasteiger partial charge in [-0.25, -0.2) is 0 Å². The fourth-order valence-corrected chi connectivity index (χ4v) is 6.60. The molecule has 4 aliphatic rings. The molecule has 0 radical (unpaired) electrons. The van der Waals surface area contributed by atoms with E-state index in [0.29, 0.717) is 17.8 Å². The minimum absolute atomic E-state index is 0.0757. The van der Waals surface area contributed by atoms with E-state index in [1.807, 2.05) is 0 Å². The zero-order valence-electron chi connectivity index (χ0n) is 17.7. The van der Waals surface area contributed by atoms with Crippen LogP contribution in [-0.2, 0) is 9.53 Å². The molecule has 4 fully saturated rings. The minimum atomic E-state index is -0.384. The Hall–Kier alpha value is -0.530. The van der Waals surface area contributed by atoms with Crippen molar-refractivity contribution >= 4 is 5.97 Å². The molecule has 0 aliphatic heterocycles. The molecule has 144 valence electrons. The molecule has 2 heteroatoms. The number of hydrogen-bond acceptors (Lipinski definition) is 2. The first-order valence-electron chi connectivity index (χ1n) is 10.7. The van der Waals surface area contributed by atoms with Gasteiger partial charge in [0.2, 0.25) is 0 Å². The number of ether oxygens (including phenoxy) is 1. The monoisotopic (exact) mass is 348 g/mol. The summed E-state index contributed by atoms with van der Waals surface area (Å²) >= 11 is 0. The maximum Gasteiger partial charge on any atom is 0.312 e. The van der Waals surface area contributed by atoms with Crippen molar-refractivity contribution in [3.8, 4) is 0 Å². The van der Waals surface area contributed by atoms with E-state index in [0.717, 1.165) is 24.7 Å². The Labute approximate surface area is 155 Å². The van der Waals surface area contributed by atoms with Crippen LogP contribution in [0.4, 0.5) is 0 Å². The van der Waals surface area contributed by atoms with E-state index in [9.17, 15) is 4.79 Å². The number of carbonyl (C=O) groups is 1. The third-order valence-electron chi connectivity index (χ3n) is 8.14. The van der Waals surface area contributed by atoms with Gasteiger partial charge >= 0.3 is 5.97 Å². The van der Waals surface area contributed by atoms with Crippen LogP contribution in [0.3, 0.4) is 0 Å². The number of rotatable bonds is 5. The van der Waals surface area contributed by atoms with E-state index in [1.54, 1.807) is 0 Å². The molecule has 0 N–H and O–H groups in total. The van der Waals surface area contributed by atoms with Crippen molar-refractivity contribution in [2.75, 3.05) is 0 Å². The highest BCUT2D eigenvalue weighted by Crippen LogP contribution is 2.60. The van der Waals surface area contributed by atoms with Gasteiger partial charge in [0.15, 0.2) is 0 Å². The first-order chi connectivity index (χ1) is 11.5. The molecule has 2 atom stereocenters. The molecule has 2 nitrogen and oxygen atoms in total. The lowest BCUT2D eigenvalue weighted by Gasteiger charge is -2.59. The molecule has 4 rings (SSSR count). The zero-order valence-corrected chi connectivity index (χ0v) is 17.7. The topological polar surface area (TPSA) is 26.3 Å². The molecule has 2 unspecified atom stereocenters. The van der Waals surface area contributed by atoms with Gasteiger partial charge in [0.1, 0.15) is 5.60 Å². The van der Waals surface area contributed by atoms with Crippen LogP contribution in [0.15, 0.2) is 0 Å². The predicted octanol–water partition coefficient (Wildman–Crippen LogP) is 6.23. The molecule has 25 heavy (non-hydrogen) atoms. The van der Waals surface area contributed by atoms with Gasteiger partial charge in [0.25, 0.3) is 0 Å². The molecule has 0 aromatic rings. The van der Waals surface area contributed by atoms with Crippen LogP contribution < -0.4 is 0 Å². The summed E-state index contributed by atoms with van der Waals surface area (Å²) in [7, 11) is 0. The van der Waals surface area contributed by atoms with E-state index in [4.69, 9.17) is 4.74 Å². The fraction of sp³-hybridized carbons (Fsp3) is 0.957. The summed E-state index contributed by atoms with van der Waals surface area (Å²) in [5, 5.41) is 0. The summed E-state index contributed by atoms with van der Waals surface area (Å²) in [5.41, 5.74) is -0.468. The molecule has 4 bridgehead atoms. The maximum atomic E-state index is 13.5. The van der Waals surface area contributed by atoms with Gasteiger partial charge in [-0.05, 0) is 87.4 Å². The molecule has 0 aromatic carbocycles. The van der Waals surface area contributed by atoms with Gasteiger partial charge in [0.05, 0.1) is 5.41 Å². The van der Waals surface area contributed by atoms with E-state index in [2.05, 4.69) is 48.5 Å². The summed E-state index contributed by atoms with van der Waals surface area (Å²) in [6.07, 6.45) is 8.50. The Bertz CT molecular complexity index is 487. The Morgan fingerprint density at radius 1 is 1.04 bits per heavy atom. The van der Waals surface area contributed by atoms with Gasteiger partial charge in [0, 0.05) is 0 Å². The first kappa shape index (κ1) is 19.2. The zero-order chi connectivity index (χ0) is 18.6. The van der Waals surface area contributed by atoms with E-state index in [1.165, 1.54) is 32.1 Å². The average Bonchev–Trinajstić information content (AvgIpc) is 2.49. The normalized spacial score (nSPS) is 40.6. The van der Waals surface area contributed by atoms with Gasteiger partial charge in [-0.2, -0.15) is 0 Å². The van der Waals surface area contributed by atoms with Gasteiger partial charge in [-0.3, -0.25) is 4.79 Å². The summed E-state index contributed by atoms with van der Waals surface area (Å²) in [6, 6.07) is 0. The maximum absolute atomic E-state index is 13.5. The SMILES string of the molecule is CCC(C)C(C)(CC(C)(C)C)C(=O)OC1(C)C2CC3CC(C2)CC1C3. The van der Waals surface area contributed by atoms with Crippen molar-refractivity contribution < 1.29 is 9.53 Å². The van der Waals surface area contributed by atoms with Gasteiger partial charge in [-0.15, -0.1) is 0 Å². The smallest absolute Gasteiger partial charge is 0.312 e. The summed E-state index contributed by atoms with van der Waals surface area (Å²) in [5.74, 6) is 3.44. The molecule has 0 spiro atoms. The lowest BCUT2D eigenvalue weighted by molar-refractivity contribution is -0.215. The number of hydrogen-bond donors (Lipinski definition) is 0. The average molecular weight is 349 g/mol. The third-order valence-corrected chi connectivity index (χ3v) is 8.14. The Balaban J connectivity index is 1.81. The van der Waals surface area contributed by atoms with Crippen LogP contribution in [0.2, 0.25) is 0 Å². The van der Waals surface area contributed by atoms with Gasteiger partial charge in [-0.1, -0.05) is 41.0 Å².